The van der Waals surface area contributed by atoms with Crippen LogP contribution in [0.3, 0.4) is 0 Å². The van der Waals surface area contributed by atoms with Gasteiger partial charge in [-0.25, -0.2) is 0 Å². The maximum atomic E-state index is 14.6. The van der Waals surface area contributed by atoms with E-state index < -0.39 is 279 Å². The minimum Gasteiger partial charge on any atom is -0.549 e. The van der Waals surface area contributed by atoms with Gasteiger partial charge in [-0.1, -0.05) is 0 Å². The quantitative estimate of drug-likeness (QED) is 0.0269. The standard InChI is InChI=1S/C84H144N22O31.4Gd/c1-60(107)45-91-10-12-95(49-73(119)120)26-34-103(35-27-96(13-11-91)50-74(121)122)61(2)66(109)6-7-67(110)88-57-84(9-8-65(108)42-85-81(135)62(3)104-36-28-97(51-75(123)124)20-14-92(46-70(113)114)15-21-98(29-37-104)52-76(125)126,58-89-68(111)43-86-82(136)63(4)105-38-30-99(53-77(127)128)22-16-93(47-71(115)116)17-23-100(31-39-105)54-78(129)130)59-90-69(112)44-87-83(137)64(5)106-40-32-101(55-79(131)132)24-18-94(48-72(117)118)19-25-102(33-41-106)56-80(133)134;;;;/h61-64H,6-59H2,1-5H3,(H,85,135)(H,86,136)(H,87,137)(H,88,110)(H,89,111)(H,90,112)(H,113,114)(H,115,116)(H,117,118)(H,119,120)(H,121,122)(H,123,124)(H,125,126)(H,127,128)(H,129,130)(H,131,132)(H,133,134);;;;/q;4*+3/p-5. The molecule has 0 bridgehead atoms. The summed E-state index contributed by atoms with van der Waals surface area (Å²) >= 11 is 0. The van der Waals surface area contributed by atoms with Gasteiger partial charge in [0.15, 0.2) is 5.78 Å². The first-order chi connectivity index (χ1) is 64.6. The number of carbonyl (C=O) groups excluding carboxylic acids is 14. The van der Waals surface area contributed by atoms with E-state index in [9.17, 15) is 152 Å². The second kappa shape index (κ2) is 73.7. The fourth-order valence-electron chi connectivity index (χ4n) is 16.2. The molecule has 4 rings (SSSR count). The van der Waals surface area contributed by atoms with Crippen LogP contribution in [0.25, 0.3) is 0 Å². The van der Waals surface area contributed by atoms with E-state index in [1.165, 1.54) is 71.8 Å². The zero-order chi connectivity index (χ0) is 102. The number of carboxylic acid groups (broad SMARTS) is 11. The molecular formula is C84H139Gd4N22O31+7. The van der Waals surface area contributed by atoms with E-state index in [0.717, 1.165) is 0 Å². The molecule has 0 spiro atoms. The number of aliphatic carboxylic acids is 11. The van der Waals surface area contributed by atoms with Gasteiger partial charge in [0.25, 0.3) is 0 Å². The third-order valence-electron chi connectivity index (χ3n) is 24.5. The van der Waals surface area contributed by atoms with Crippen molar-refractivity contribution in [2.45, 2.75) is 84.5 Å². The molecule has 12 N–H and O–H groups in total. The van der Waals surface area contributed by atoms with Crippen molar-refractivity contribution in [3.63, 3.8) is 0 Å². The monoisotopic (exact) mass is 2580 g/mol. The largest absolute Gasteiger partial charge is 3.00 e. The Balaban J connectivity index is 0.0000490. The van der Waals surface area contributed by atoms with Crippen LogP contribution in [-0.2, 0) is 95.9 Å². The van der Waals surface area contributed by atoms with Gasteiger partial charge in [0, 0.05) is 286 Å². The van der Waals surface area contributed by atoms with Crippen LogP contribution in [0.2, 0.25) is 0 Å². The molecule has 4 radical (unpaired) electrons. The van der Waals surface area contributed by atoms with E-state index in [0.29, 0.717) is 0 Å². The maximum Gasteiger partial charge on any atom is 3.00 e. The summed E-state index contributed by atoms with van der Waals surface area (Å²) in [4.78, 5) is 285. The van der Waals surface area contributed by atoms with Crippen molar-refractivity contribution >= 4 is 118 Å². The summed E-state index contributed by atoms with van der Waals surface area (Å²) in [7, 11) is 0. The zero-order valence-electron chi connectivity index (χ0n) is 80.5. The Labute approximate surface area is 947 Å². The summed E-state index contributed by atoms with van der Waals surface area (Å²) in [6.45, 7) is -1.41. The van der Waals surface area contributed by atoms with E-state index >= 15 is 0 Å². The average Bonchev–Trinajstić information content (AvgIpc) is 0.833. The molecule has 796 valence electrons. The molecule has 0 aliphatic carbocycles. The van der Waals surface area contributed by atoms with E-state index in [4.69, 9.17) is 0 Å². The third kappa shape index (κ3) is 60.0. The first-order valence-electron chi connectivity index (χ1n) is 45.8. The number of amides is 6. The minimum atomic E-state index is -1.76. The molecule has 4 aliphatic heterocycles. The summed E-state index contributed by atoms with van der Waals surface area (Å²) < 4.78 is 0. The Morgan fingerprint density at radius 3 is 0.652 bits per heavy atom. The minimum absolute atomic E-state index is 0. The average molecular weight is 2580 g/mol. The van der Waals surface area contributed by atoms with Crippen LogP contribution in [0.5, 0.6) is 0 Å². The summed E-state index contributed by atoms with van der Waals surface area (Å²) in [5.41, 5.74) is -1.76. The number of carbonyl (C=O) groups is 20. The van der Waals surface area contributed by atoms with Crippen molar-refractivity contribution in [3.8, 4) is 0 Å². The predicted molar refractivity (Wildman–Crippen MR) is 472 cm³/mol. The molecule has 5 unspecified atom stereocenters. The number of ketones is 3. The van der Waals surface area contributed by atoms with Crippen LogP contribution in [-0.4, -0.2) is 579 Å². The fourth-order valence-corrected chi connectivity index (χ4v) is 16.2. The fraction of sp³-hybridized carbons (Fsp3) is 0.762. The smallest absolute Gasteiger partial charge is 0.549 e. The van der Waals surface area contributed by atoms with Gasteiger partial charge in [0.05, 0.1) is 119 Å². The predicted octanol–water partition coefficient (Wildman–Crippen LogP) is -17.3. The Kier molecular flexibility index (Phi) is 70.9. The third-order valence-corrected chi connectivity index (χ3v) is 24.5. The molecule has 0 aromatic carbocycles. The van der Waals surface area contributed by atoms with Gasteiger partial charge in [-0.15, -0.1) is 0 Å². The second-order valence-electron chi connectivity index (χ2n) is 35.1. The molecule has 0 saturated carbocycles. The molecule has 53 nitrogen and oxygen atoms in total. The van der Waals surface area contributed by atoms with Crippen LogP contribution in [0, 0.1) is 165 Å². The molecule has 4 saturated heterocycles. The van der Waals surface area contributed by atoms with Crippen LogP contribution in [0.1, 0.15) is 60.3 Å². The van der Waals surface area contributed by atoms with Gasteiger partial charge in [0.1, 0.15) is 11.6 Å². The number of nitrogens with zero attached hydrogens (tertiary/aromatic N) is 16. The molecule has 0 aromatic rings. The van der Waals surface area contributed by atoms with Crippen LogP contribution in [0.4, 0.5) is 0 Å². The Morgan fingerprint density at radius 1 is 0.248 bits per heavy atom. The van der Waals surface area contributed by atoms with Gasteiger partial charge >= 0.3 is 196 Å². The van der Waals surface area contributed by atoms with Crippen molar-refractivity contribution in [2.75, 3.05) is 327 Å². The summed E-state index contributed by atoms with van der Waals surface area (Å²) in [5, 5.41) is 135. The number of hydrogen-bond donors (Lipinski definition) is 12. The molecule has 141 heavy (non-hydrogen) atoms. The van der Waals surface area contributed by atoms with E-state index in [1.807, 2.05) is 0 Å². The van der Waals surface area contributed by atoms with Gasteiger partial charge < -0.3 is 112 Å². The van der Waals surface area contributed by atoms with Crippen molar-refractivity contribution in [1.29, 1.82) is 0 Å². The Bertz CT molecular complexity index is 3410. The first-order valence-corrected chi connectivity index (χ1v) is 45.8. The molecule has 57 heteroatoms. The SMILES string of the molecule is CC(=O)CN1CCN(CC(=O)[O-])CCN(C(C)C(=O)CCC(=O)NCC(CCC(=O)CNC(=O)C(C)N2CCN(CC(=O)[O-])CCN(CC(=O)O)CCN(CC(=O)O)CC2)(CNC(=O)CNC(=O)C(C)N2CCN(CC(=O)[O-])CCN(CC(=O)[O-])CCN(CC(=O)O)CC2)CNC(=O)CNC(=O)C(C)N2CCN(CC(=O)[O-])CCN(CC(=O)O)CCN(CC(=O)O)CC2)CCN(CC(=O)O)CC1.[Gd+3].[Gd+3].[Gd+3].[Gd+3]. The van der Waals surface area contributed by atoms with Gasteiger partial charge in [0.2, 0.25) is 35.4 Å². The van der Waals surface area contributed by atoms with Gasteiger partial charge in [-0.3, -0.25) is 150 Å². The Morgan fingerprint density at radius 2 is 0.440 bits per heavy atom. The van der Waals surface area contributed by atoms with E-state index in [2.05, 4.69) is 31.9 Å². The molecule has 5 atom stereocenters. The molecule has 6 amide bonds. The molecule has 4 fully saturated rings. The summed E-state index contributed by atoms with van der Waals surface area (Å²) in [5.74, 6) is -20.8. The van der Waals surface area contributed by atoms with Crippen LogP contribution < -0.4 is 57.4 Å². The van der Waals surface area contributed by atoms with Crippen molar-refractivity contribution in [1.82, 2.24) is 110 Å². The van der Waals surface area contributed by atoms with Gasteiger partial charge in [-0.05, 0) is 41.0 Å². The summed E-state index contributed by atoms with van der Waals surface area (Å²) in [6, 6.07) is -4.40. The van der Waals surface area contributed by atoms with Crippen molar-refractivity contribution in [2.24, 2.45) is 5.41 Å². The van der Waals surface area contributed by atoms with Gasteiger partial charge in [-0.2, -0.15) is 0 Å². The Hall–Kier alpha value is -5.34. The van der Waals surface area contributed by atoms with E-state index in [-0.39, 0.29) is 382 Å². The molecule has 4 heterocycles. The molecule has 0 aromatic heterocycles. The second-order valence-corrected chi connectivity index (χ2v) is 35.1. The van der Waals surface area contributed by atoms with Crippen molar-refractivity contribution in [3.05, 3.63) is 0 Å². The first kappa shape index (κ1) is 136. The van der Waals surface area contributed by atoms with Crippen LogP contribution >= 0.6 is 0 Å². The topological polar surface area (TPSA) is 702 Å². The maximum absolute atomic E-state index is 14.6. The zero-order valence-corrected chi connectivity index (χ0v) is 89.5. The number of Topliss-reactive ketones (excluding diaryl/α,β-unsaturated/α-hetero) is 3. The molecule has 4 aliphatic rings. The van der Waals surface area contributed by atoms with E-state index in [1.54, 1.807) is 41.2 Å². The number of hydrogen-bond acceptors (Lipinski definition) is 41. The normalized spacial score (nSPS) is 19.1. The van der Waals surface area contributed by atoms with Crippen LogP contribution in [0.15, 0.2) is 0 Å². The summed E-state index contributed by atoms with van der Waals surface area (Å²) in [6.07, 6.45) is -1.98. The van der Waals surface area contributed by atoms with Crippen molar-refractivity contribution < 1.29 is 312 Å². The number of nitrogens with one attached hydrogen (secondary N) is 6. The number of rotatable bonds is 50. The number of carboxylic acids is 11. The molecular weight excluding hydrogens is 2440 g/mol.